The van der Waals surface area contributed by atoms with E-state index in [-0.39, 0.29) is 24.2 Å². The van der Waals surface area contributed by atoms with Gasteiger partial charge in [0.15, 0.2) is 5.82 Å². The molecule has 4 rings (SSSR count). The standard InChI is InChI=1S/C29H40N6O4/c1-7-9-23-24-22(14-15-35(23)28(37)39-29(4,5)6)26(34-16-17-38-18-19(34)3)33-25(32-24)20-10-12-21(13-11-20)31-27(36)30-8-2/h7,10-13,19,23H,1,8-9,14-18H2,2-6H3,(H2,30,31,36)/t19-,23-/m0/s1. The van der Waals surface area contributed by atoms with Gasteiger partial charge in [-0.2, -0.15) is 0 Å². The molecular formula is C29H40N6O4. The molecule has 1 aromatic heterocycles. The summed E-state index contributed by atoms with van der Waals surface area (Å²) in [7, 11) is 0. The van der Waals surface area contributed by atoms with Crippen molar-refractivity contribution < 1.29 is 19.1 Å². The van der Waals surface area contributed by atoms with E-state index in [0.717, 1.165) is 29.2 Å². The summed E-state index contributed by atoms with van der Waals surface area (Å²) in [6.07, 6.45) is 2.62. The van der Waals surface area contributed by atoms with Gasteiger partial charge in [0.25, 0.3) is 0 Å². The van der Waals surface area contributed by atoms with Gasteiger partial charge in [0, 0.05) is 36.4 Å². The molecule has 39 heavy (non-hydrogen) atoms. The monoisotopic (exact) mass is 536 g/mol. The van der Waals surface area contributed by atoms with Crippen molar-refractivity contribution >= 4 is 23.6 Å². The third-order valence-corrected chi connectivity index (χ3v) is 6.71. The Morgan fingerprint density at radius 3 is 2.59 bits per heavy atom. The topological polar surface area (TPSA) is 109 Å². The minimum atomic E-state index is -0.606. The van der Waals surface area contributed by atoms with Gasteiger partial charge in [-0.25, -0.2) is 19.6 Å². The number of aromatic nitrogens is 2. The summed E-state index contributed by atoms with van der Waals surface area (Å²) < 4.78 is 11.5. The van der Waals surface area contributed by atoms with E-state index >= 15 is 0 Å². The summed E-state index contributed by atoms with van der Waals surface area (Å²) in [6, 6.07) is 7.03. The number of urea groups is 1. The van der Waals surface area contributed by atoms with E-state index in [0.29, 0.717) is 50.7 Å². The molecule has 2 aromatic rings. The van der Waals surface area contributed by atoms with Crippen LogP contribution < -0.4 is 15.5 Å². The predicted molar refractivity (Wildman–Crippen MR) is 152 cm³/mol. The number of hydrogen-bond acceptors (Lipinski definition) is 7. The second kappa shape index (κ2) is 12.0. The highest BCUT2D eigenvalue weighted by molar-refractivity contribution is 5.89. The fourth-order valence-electron chi connectivity index (χ4n) is 4.92. The zero-order valence-corrected chi connectivity index (χ0v) is 23.6. The van der Waals surface area contributed by atoms with Crippen LogP contribution in [0.25, 0.3) is 11.4 Å². The molecule has 210 valence electrons. The molecule has 2 aliphatic rings. The second-order valence-corrected chi connectivity index (χ2v) is 10.9. The number of morpholine rings is 1. The van der Waals surface area contributed by atoms with Gasteiger partial charge in [-0.3, -0.25) is 4.90 Å². The quantitative estimate of drug-likeness (QED) is 0.505. The van der Waals surface area contributed by atoms with Crippen molar-refractivity contribution in [2.24, 2.45) is 0 Å². The largest absolute Gasteiger partial charge is 0.444 e. The van der Waals surface area contributed by atoms with Crippen LogP contribution in [0.2, 0.25) is 0 Å². The van der Waals surface area contributed by atoms with Gasteiger partial charge in [-0.15, -0.1) is 6.58 Å². The molecule has 2 aliphatic heterocycles. The lowest BCUT2D eigenvalue weighted by Crippen LogP contribution is -2.47. The highest BCUT2D eigenvalue weighted by atomic mass is 16.6. The van der Waals surface area contributed by atoms with Crippen molar-refractivity contribution in [2.45, 2.75) is 65.1 Å². The number of nitrogens with zero attached hydrogens (tertiary/aromatic N) is 4. The maximum absolute atomic E-state index is 13.2. The molecule has 0 aliphatic carbocycles. The number of benzene rings is 1. The predicted octanol–water partition coefficient (Wildman–Crippen LogP) is 4.92. The average molecular weight is 537 g/mol. The van der Waals surface area contributed by atoms with Crippen LogP contribution in [0.5, 0.6) is 0 Å². The summed E-state index contributed by atoms with van der Waals surface area (Å²) in [5.41, 5.74) is 2.74. The Morgan fingerprint density at radius 1 is 1.21 bits per heavy atom. The van der Waals surface area contributed by atoms with Crippen molar-refractivity contribution in [1.29, 1.82) is 0 Å². The molecule has 2 N–H and O–H groups in total. The molecule has 3 heterocycles. The van der Waals surface area contributed by atoms with Crippen LogP contribution in [0.15, 0.2) is 36.9 Å². The zero-order valence-electron chi connectivity index (χ0n) is 23.6. The smallest absolute Gasteiger partial charge is 0.410 e. The molecule has 3 amide bonds. The van der Waals surface area contributed by atoms with Gasteiger partial charge in [0.2, 0.25) is 0 Å². The molecule has 0 radical (unpaired) electrons. The maximum atomic E-state index is 13.2. The Hall–Kier alpha value is -3.66. The van der Waals surface area contributed by atoms with Crippen LogP contribution in [0.4, 0.5) is 21.1 Å². The molecular weight excluding hydrogens is 496 g/mol. The first-order valence-corrected chi connectivity index (χ1v) is 13.6. The Bertz CT molecular complexity index is 1190. The number of fused-ring (bicyclic) bond motifs is 1. The van der Waals surface area contributed by atoms with E-state index in [1.807, 2.05) is 58.0 Å². The summed E-state index contributed by atoms with van der Waals surface area (Å²) in [6.45, 7) is 16.6. The lowest BCUT2D eigenvalue weighted by atomic mass is 9.94. The Labute approximate surface area is 230 Å². The Kier molecular flexibility index (Phi) is 8.74. The van der Waals surface area contributed by atoms with Crippen molar-refractivity contribution in [3.05, 3.63) is 48.2 Å². The van der Waals surface area contributed by atoms with E-state index in [1.54, 1.807) is 4.90 Å². The molecule has 0 spiro atoms. The molecule has 10 nitrogen and oxygen atoms in total. The van der Waals surface area contributed by atoms with Crippen molar-refractivity contribution in [3.63, 3.8) is 0 Å². The van der Waals surface area contributed by atoms with Crippen molar-refractivity contribution in [3.8, 4) is 11.4 Å². The molecule has 10 heteroatoms. The molecule has 0 saturated carbocycles. The highest BCUT2D eigenvalue weighted by Crippen LogP contribution is 2.38. The van der Waals surface area contributed by atoms with Crippen molar-refractivity contribution in [1.82, 2.24) is 20.2 Å². The third-order valence-electron chi connectivity index (χ3n) is 6.71. The molecule has 0 bridgehead atoms. The number of rotatable bonds is 6. The van der Waals surface area contributed by atoms with Crippen LogP contribution in [0, 0.1) is 0 Å². The number of anilines is 2. The number of nitrogens with one attached hydrogen (secondary N) is 2. The summed E-state index contributed by atoms with van der Waals surface area (Å²) >= 11 is 0. The van der Waals surface area contributed by atoms with E-state index in [9.17, 15) is 9.59 Å². The van der Waals surface area contributed by atoms with Crippen LogP contribution in [-0.2, 0) is 15.9 Å². The first-order chi connectivity index (χ1) is 18.6. The van der Waals surface area contributed by atoms with E-state index < -0.39 is 5.60 Å². The van der Waals surface area contributed by atoms with Gasteiger partial charge in [0.05, 0.1) is 31.0 Å². The normalized spacial score (nSPS) is 19.2. The lowest BCUT2D eigenvalue weighted by molar-refractivity contribution is 0.0138. The number of carbonyl (C=O) groups excluding carboxylic acids is 2. The molecule has 1 fully saturated rings. The minimum absolute atomic E-state index is 0.149. The first kappa shape index (κ1) is 28.4. The van der Waals surface area contributed by atoms with E-state index in [4.69, 9.17) is 19.4 Å². The van der Waals surface area contributed by atoms with Gasteiger partial charge in [-0.1, -0.05) is 6.08 Å². The molecule has 1 aromatic carbocycles. The average Bonchev–Trinajstić information content (AvgIpc) is 2.88. The number of hydrogen-bond donors (Lipinski definition) is 2. The molecule has 2 atom stereocenters. The van der Waals surface area contributed by atoms with E-state index in [1.165, 1.54) is 0 Å². The maximum Gasteiger partial charge on any atom is 0.410 e. The van der Waals surface area contributed by atoms with Gasteiger partial charge in [0.1, 0.15) is 11.4 Å². The van der Waals surface area contributed by atoms with Crippen LogP contribution >= 0.6 is 0 Å². The summed E-state index contributed by atoms with van der Waals surface area (Å²) in [5.74, 6) is 1.44. The molecule has 1 saturated heterocycles. The van der Waals surface area contributed by atoms with Crippen LogP contribution in [-0.4, -0.2) is 71.5 Å². The van der Waals surface area contributed by atoms with Crippen LogP contribution in [0.1, 0.15) is 58.3 Å². The zero-order chi connectivity index (χ0) is 28.2. The Morgan fingerprint density at radius 2 is 1.95 bits per heavy atom. The van der Waals surface area contributed by atoms with Crippen LogP contribution in [0.3, 0.4) is 0 Å². The van der Waals surface area contributed by atoms with Gasteiger partial charge >= 0.3 is 12.1 Å². The molecule has 0 unspecified atom stereocenters. The highest BCUT2D eigenvalue weighted by Gasteiger charge is 2.37. The number of ether oxygens (including phenoxy) is 2. The number of carbonyl (C=O) groups is 2. The fourth-order valence-corrected chi connectivity index (χ4v) is 4.92. The minimum Gasteiger partial charge on any atom is -0.444 e. The van der Waals surface area contributed by atoms with Gasteiger partial charge < -0.3 is 25.0 Å². The first-order valence-electron chi connectivity index (χ1n) is 13.6. The second-order valence-electron chi connectivity index (χ2n) is 10.9. The lowest BCUT2D eigenvalue weighted by Gasteiger charge is -2.40. The summed E-state index contributed by atoms with van der Waals surface area (Å²) in [4.78, 5) is 39.3. The van der Waals surface area contributed by atoms with Gasteiger partial charge in [-0.05, 0) is 71.7 Å². The summed E-state index contributed by atoms with van der Waals surface area (Å²) in [5, 5.41) is 5.54. The fraction of sp³-hybridized carbons (Fsp3) is 0.517. The van der Waals surface area contributed by atoms with E-state index in [2.05, 4.69) is 29.0 Å². The van der Waals surface area contributed by atoms with Crippen molar-refractivity contribution in [2.75, 3.05) is 43.1 Å². The SMILES string of the molecule is C=CC[C@H]1c2nc(-c3ccc(NC(=O)NCC)cc3)nc(N3CCOC[C@@H]3C)c2CCN1C(=O)OC(C)(C)C. The Balaban J connectivity index is 1.77. The third kappa shape index (κ3) is 6.68. The number of amides is 3.